The predicted octanol–water partition coefficient (Wildman–Crippen LogP) is 3.92. The molecule has 0 fully saturated rings. The van der Waals surface area contributed by atoms with Crippen LogP contribution in [0.4, 0.5) is 6.01 Å². The van der Waals surface area contributed by atoms with Gasteiger partial charge in [0.15, 0.2) is 0 Å². The molecule has 2 heterocycles. The average molecular weight is 329 g/mol. The number of nitrogens with one attached hydrogen (secondary N) is 1. The maximum atomic E-state index is 12.3. The lowest BCUT2D eigenvalue weighted by atomic mass is 10.2. The van der Waals surface area contributed by atoms with E-state index < -0.39 is 0 Å². The molecule has 0 unspecified atom stereocenters. The lowest BCUT2D eigenvalue weighted by Crippen LogP contribution is -2.13. The van der Waals surface area contributed by atoms with Gasteiger partial charge in [0, 0.05) is 4.90 Å². The van der Waals surface area contributed by atoms with Gasteiger partial charge in [0.1, 0.15) is 11.5 Å². The summed E-state index contributed by atoms with van der Waals surface area (Å²) in [6, 6.07) is 9.21. The SMILES string of the molecule is CSc1ccccc1C(=O)Nc1nnc(-c2cc(C)oc2C)o1. The average Bonchev–Trinajstić information content (AvgIpc) is 3.13. The van der Waals surface area contributed by atoms with Crippen LogP contribution in [0.5, 0.6) is 0 Å². The number of hydrogen-bond donors (Lipinski definition) is 1. The number of thioether (sulfide) groups is 1. The summed E-state index contributed by atoms with van der Waals surface area (Å²) in [5.41, 5.74) is 1.29. The maximum absolute atomic E-state index is 12.3. The second kappa shape index (κ2) is 6.29. The van der Waals surface area contributed by atoms with Crippen molar-refractivity contribution in [1.82, 2.24) is 10.2 Å². The smallest absolute Gasteiger partial charge is 0.322 e. The van der Waals surface area contributed by atoms with Crippen LogP contribution in [-0.2, 0) is 0 Å². The highest BCUT2D eigenvalue weighted by Crippen LogP contribution is 2.27. The molecule has 0 aliphatic carbocycles. The van der Waals surface area contributed by atoms with E-state index in [1.165, 1.54) is 11.8 Å². The number of carbonyl (C=O) groups is 1. The molecule has 3 rings (SSSR count). The van der Waals surface area contributed by atoms with Crippen LogP contribution in [0.15, 0.2) is 44.1 Å². The maximum Gasteiger partial charge on any atom is 0.322 e. The van der Waals surface area contributed by atoms with E-state index in [-0.39, 0.29) is 11.9 Å². The first-order valence-corrected chi connectivity index (χ1v) is 8.16. The number of amides is 1. The number of carbonyl (C=O) groups excluding carboxylic acids is 1. The Morgan fingerprint density at radius 3 is 2.65 bits per heavy atom. The minimum atomic E-state index is -0.287. The first-order valence-electron chi connectivity index (χ1n) is 6.93. The summed E-state index contributed by atoms with van der Waals surface area (Å²) in [6.07, 6.45) is 1.92. The topological polar surface area (TPSA) is 81.2 Å². The number of anilines is 1. The summed E-state index contributed by atoms with van der Waals surface area (Å²) in [5, 5.41) is 10.4. The molecule has 0 aliphatic heterocycles. The van der Waals surface area contributed by atoms with Gasteiger partial charge >= 0.3 is 6.01 Å². The van der Waals surface area contributed by atoms with Crippen LogP contribution in [0.1, 0.15) is 21.9 Å². The largest absolute Gasteiger partial charge is 0.466 e. The first-order chi connectivity index (χ1) is 11.1. The van der Waals surface area contributed by atoms with E-state index in [1.54, 1.807) is 6.07 Å². The first kappa shape index (κ1) is 15.4. The van der Waals surface area contributed by atoms with E-state index in [4.69, 9.17) is 8.83 Å². The van der Waals surface area contributed by atoms with Gasteiger partial charge in [-0.15, -0.1) is 16.9 Å². The van der Waals surface area contributed by atoms with E-state index in [0.29, 0.717) is 17.2 Å². The third-order valence-electron chi connectivity index (χ3n) is 3.27. The van der Waals surface area contributed by atoms with Crippen molar-refractivity contribution in [3.05, 3.63) is 47.4 Å². The Bertz CT molecular complexity index is 854. The predicted molar refractivity (Wildman–Crippen MR) is 87.7 cm³/mol. The van der Waals surface area contributed by atoms with Crippen molar-refractivity contribution < 1.29 is 13.6 Å². The van der Waals surface area contributed by atoms with Crippen LogP contribution in [0.25, 0.3) is 11.5 Å². The van der Waals surface area contributed by atoms with Crippen LogP contribution in [0.3, 0.4) is 0 Å². The second-order valence-corrected chi connectivity index (χ2v) is 5.74. The molecule has 1 aromatic carbocycles. The van der Waals surface area contributed by atoms with Gasteiger partial charge in [0.2, 0.25) is 0 Å². The lowest BCUT2D eigenvalue weighted by Gasteiger charge is -2.05. The van der Waals surface area contributed by atoms with Gasteiger partial charge in [0.25, 0.3) is 11.8 Å². The van der Waals surface area contributed by atoms with E-state index in [2.05, 4.69) is 15.5 Å². The minimum Gasteiger partial charge on any atom is -0.466 e. The van der Waals surface area contributed by atoms with Crippen molar-refractivity contribution in [3.63, 3.8) is 0 Å². The fourth-order valence-electron chi connectivity index (χ4n) is 2.22. The fraction of sp³-hybridized carbons (Fsp3) is 0.188. The van der Waals surface area contributed by atoms with E-state index in [1.807, 2.05) is 44.4 Å². The normalized spacial score (nSPS) is 10.7. The summed E-state index contributed by atoms with van der Waals surface area (Å²) >= 11 is 1.50. The Hall–Kier alpha value is -2.54. The highest BCUT2D eigenvalue weighted by atomic mass is 32.2. The van der Waals surface area contributed by atoms with E-state index >= 15 is 0 Å². The van der Waals surface area contributed by atoms with E-state index in [0.717, 1.165) is 16.2 Å². The molecular formula is C16H15N3O3S. The molecule has 0 atom stereocenters. The highest BCUT2D eigenvalue weighted by Gasteiger charge is 2.17. The van der Waals surface area contributed by atoms with Crippen molar-refractivity contribution in [1.29, 1.82) is 0 Å². The molecule has 118 valence electrons. The number of aryl methyl sites for hydroxylation is 2. The number of benzene rings is 1. The van der Waals surface area contributed by atoms with Gasteiger partial charge in [0.05, 0.1) is 11.1 Å². The summed E-state index contributed by atoms with van der Waals surface area (Å²) in [6.45, 7) is 3.66. The zero-order valence-corrected chi connectivity index (χ0v) is 13.7. The molecule has 0 bridgehead atoms. The quantitative estimate of drug-likeness (QED) is 0.731. The number of rotatable bonds is 4. The number of nitrogens with zero attached hydrogens (tertiary/aromatic N) is 2. The van der Waals surface area contributed by atoms with Gasteiger partial charge in [-0.2, -0.15) is 0 Å². The van der Waals surface area contributed by atoms with Gasteiger partial charge in [-0.3, -0.25) is 10.1 Å². The van der Waals surface area contributed by atoms with Gasteiger partial charge < -0.3 is 8.83 Å². The highest BCUT2D eigenvalue weighted by molar-refractivity contribution is 7.98. The van der Waals surface area contributed by atoms with Gasteiger partial charge in [-0.25, -0.2) is 0 Å². The molecule has 6 nitrogen and oxygen atoms in total. The standard InChI is InChI=1S/C16H15N3O3S/c1-9-8-12(10(2)21-9)15-18-19-16(22-15)17-14(20)11-6-4-5-7-13(11)23-3/h4-8H,1-3H3,(H,17,19,20). The van der Waals surface area contributed by atoms with Crippen LogP contribution in [0.2, 0.25) is 0 Å². The fourth-order valence-corrected chi connectivity index (χ4v) is 2.82. The Morgan fingerprint density at radius 2 is 1.96 bits per heavy atom. The third kappa shape index (κ3) is 3.14. The molecule has 1 amide bonds. The van der Waals surface area contributed by atoms with Crippen LogP contribution in [-0.4, -0.2) is 22.4 Å². The zero-order chi connectivity index (χ0) is 16.4. The summed E-state index contributed by atoms with van der Waals surface area (Å²) in [7, 11) is 0. The Labute approximate surface area is 137 Å². The zero-order valence-electron chi connectivity index (χ0n) is 12.9. The molecule has 2 aromatic heterocycles. The molecular weight excluding hydrogens is 314 g/mol. The molecule has 0 aliphatic rings. The second-order valence-electron chi connectivity index (χ2n) is 4.89. The van der Waals surface area contributed by atoms with Crippen molar-refractivity contribution in [2.45, 2.75) is 18.7 Å². The Balaban J connectivity index is 1.82. The molecule has 0 saturated carbocycles. The third-order valence-corrected chi connectivity index (χ3v) is 4.06. The summed E-state index contributed by atoms with van der Waals surface area (Å²) < 4.78 is 10.9. The van der Waals surface area contributed by atoms with Crippen molar-refractivity contribution >= 4 is 23.7 Å². The molecule has 0 radical (unpaired) electrons. The van der Waals surface area contributed by atoms with E-state index in [9.17, 15) is 4.79 Å². The van der Waals surface area contributed by atoms with Crippen LogP contribution in [0, 0.1) is 13.8 Å². The van der Waals surface area contributed by atoms with Gasteiger partial charge in [-0.1, -0.05) is 17.2 Å². The summed E-state index contributed by atoms with van der Waals surface area (Å²) in [4.78, 5) is 13.2. The van der Waals surface area contributed by atoms with Crippen LogP contribution >= 0.6 is 11.8 Å². The van der Waals surface area contributed by atoms with Crippen molar-refractivity contribution in [2.24, 2.45) is 0 Å². The number of aromatic nitrogens is 2. The van der Waals surface area contributed by atoms with Crippen LogP contribution < -0.4 is 5.32 Å². The Morgan fingerprint density at radius 1 is 1.17 bits per heavy atom. The minimum absolute atomic E-state index is 0.0548. The van der Waals surface area contributed by atoms with Crippen molar-refractivity contribution in [2.75, 3.05) is 11.6 Å². The Kier molecular flexibility index (Phi) is 4.20. The monoisotopic (exact) mass is 329 g/mol. The molecule has 23 heavy (non-hydrogen) atoms. The summed E-state index contributed by atoms with van der Waals surface area (Å²) in [5.74, 6) is 1.48. The number of furan rings is 1. The molecule has 0 saturated heterocycles. The number of hydrogen-bond acceptors (Lipinski definition) is 6. The molecule has 0 spiro atoms. The molecule has 3 aromatic rings. The van der Waals surface area contributed by atoms with Gasteiger partial charge in [-0.05, 0) is 38.3 Å². The molecule has 7 heteroatoms. The molecule has 1 N–H and O–H groups in total. The lowest BCUT2D eigenvalue weighted by molar-refractivity contribution is 0.102. The van der Waals surface area contributed by atoms with Crippen molar-refractivity contribution in [3.8, 4) is 11.5 Å².